The van der Waals surface area contributed by atoms with Crippen molar-refractivity contribution in [2.24, 2.45) is 11.8 Å². The number of hydrogen-bond acceptors (Lipinski definition) is 5. The van der Waals surface area contributed by atoms with Gasteiger partial charge < -0.3 is 14.7 Å². The minimum absolute atomic E-state index is 0.0828. The van der Waals surface area contributed by atoms with Crippen LogP contribution in [-0.2, 0) is 20.5 Å². The Morgan fingerprint density at radius 2 is 1.96 bits per heavy atom. The van der Waals surface area contributed by atoms with Crippen LogP contribution in [0.25, 0.3) is 0 Å². The highest BCUT2D eigenvalue weighted by molar-refractivity contribution is 5.89. The van der Waals surface area contributed by atoms with E-state index in [0.29, 0.717) is 24.2 Å². The molecule has 7 nitrogen and oxygen atoms in total. The first-order valence-corrected chi connectivity index (χ1v) is 9.01. The molecule has 1 aromatic heterocycles. The Bertz CT molecular complexity index is 670. The number of carbonyl (C=O) groups is 2. The zero-order chi connectivity index (χ0) is 18.4. The van der Waals surface area contributed by atoms with Gasteiger partial charge in [-0.3, -0.25) is 9.59 Å². The van der Waals surface area contributed by atoms with Gasteiger partial charge in [-0.1, -0.05) is 25.9 Å². The van der Waals surface area contributed by atoms with Crippen LogP contribution in [0.3, 0.4) is 0 Å². The molecule has 0 radical (unpaired) electrons. The zero-order valence-corrected chi connectivity index (χ0v) is 15.8. The van der Waals surface area contributed by atoms with Crippen molar-refractivity contribution in [3.63, 3.8) is 0 Å². The zero-order valence-electron chi connectivity index (χ0n) is 15.8. The van der Waals surface area contributed by atoms with Gasteiger partial charge in [0.05, 0.1) is 11.5 Å². The molecule has 0 bridgehead atoms. The van der Waals surface area contributed by atoms with E-state index in [0.717, 1.165) is 6.54 Å². The topological polar surface area (TPSA) is 88.3 Å². The van der Waals surface area contributed by atoms with Crippen molar-refractivity contribution >= 4 is 11.8 Å². The number of rotatable bonds is 5. The molecule has 3 rings (SSSR count). The highest BCUT2D eigenvalue weighted by atomic mass is 16.5. The summed E-state index contributed by atoms with van der Waals surface area (Å²) in [6, 6.07) is 0. The number of nitrogens with zero attached hydrogens (tertiary/aromatic N) is 3. The number of carbonyl (C=O) groups excluding carboxylic acids is 2. The van der Waals surface area contributed by atoms with Gasteiger partial charge in [0.15, 0.2) is 5.82 Å². The maximum absolute atomic E-state index is 12.7. The first-order chi connectivity index (χ1) is 11.6. The Hall–Kier alpha value is -1.92. The maximum atomic E-state index is 12.7. The van der Waals surface area contributed by atoms with Crippen molar-refractivity contribution in [3.8, 4) is 0 Å². The number of aromatic nitrogens is 2. The molecule has 2 amide bonds. The third kappa shape index (κ3) is 4.02. The minimum Gasteiger partial charge on any atom is -0.343 e. The summed E-state index contributed by atoms with van der Waals surface area (Å²) in [6.07, 6.45) is 2.68. The second kappa shape index (κ2) is 6.11. The fourth-order valence-corrected chi connectivity index (χ4v) is 2.98. The molecular weight excluding hydrogens is 320 g/mol. The van der Waals surface area contributed by atoms with Crippen LogP contribution in [0.5, 0.6) is 0 Å². The molecule has 2 aliphatic rings. The normalized spacial score (nSPS) is 21.7. The van der Waals surface area contributed by atoms with E-state index in [1.54, 1.807) is 0 Å². The lowest BCUT2D eigenvalue weighted by Gasteiger charge is -2.24. The minimum atomic E-state index is -0.753. The molecule has 7 heteroatoms. The highest BCUT2D eigenvalue weighted by Gasteiger charge is 2.39. The van der Waals surface area contributed by atoms with Crippen LogP contribution >= 0.6 is 0 Å². The molecule has 0 spiro atoms. The summed E-state index contributed by atoms with van der Waals surface area (Å²) in [4.78, 5) is 31.0. The molecule has 1 saturated heterocycles. The second-order valence-electron chi connectivity index (χ2n) is 8.93. The van der Waals surface area contributed by atoms with E-state index in [1.165, 1.54) is 12.8 Å². The lowest BCUT2D eigenvalue weighted by molar-refractivity contribution is -0.129. The fraction of sp³-hybridized carbons (Fsp3) is 0.778. The standard InChI is InChI=1S/C18H28N4O3/c1-17(2,3)16-19-15(21-25-16)18(4,5)20-14(24)12-8-13(23)22(10-12)9-11-6-7-11/h11-12H,6-10H2,1-5H3,(H,20,24)/t12-/m0/s1. The quantitative estimate of drug-likeness (QED) is 0.879. The lowest BCUT2D eigenvalue weighted by atomic mass is 9.96. The van der Waals surface area contributed by atoms with Gasteiger partial charge in [-0.05, 0) is 32.6 Å². The van der Waals surface area contributed by atoms with Gasteiger partial charge in [0.2, 0.25) is 17.7 Å². The molecule has 1 saturated carbocycles. The van der Waals surface area contributed by atoms with Crippen molar-refractivity contribution in [3.05, 3.63) is 11.7 Å². The summed E-state index contributed by atoms with van der Waals surface area (Å²) in [5, 5.41) is 7.02. The van der Waals surface area contributed by atoms with Gasteiger partial charge in [-0.2, -0.15) is 4.98 Å². The Morgan fingerprint density at radius 1 is 1.28 bits per heavy atom. The van der Waals surface area contributed by atoms with Crippen molar-refractivity contribution in [1.29, 1.82) is 0 Å². The molecule has 1 aromatic rings. The smallest absolute Gasteiger partial charge is 0.232 e. The van der Waals surface area contributed by atoms with E-state index in [2.05, 4.69) is 15.5 Å². The maximum Gasteiger partial charge on any atom is 0.232 e. The van der Waals surface area contributed by atoms with Crippen LogP contribution in [0.2, 0.25) is 0 Å². The Kier molecular flexibility index (Phi) is 4.37. The Balaban J connectivity index is 1.63. The predicted octanol–water partition coefficient (Wildman–Crippen LogP) is 1.98. The number of amides is 2. The molecular formula is C18H28N4O3. The summed E-state index contributed by atoms with van der Waals surface area (Å²) in [5.41, 5.74) is -0.996. The van der Waals surface area contributed by atoms with Crippen molar-refractivity contribution in [2.45, 2.75) is 64.8 Å². The van der Waals surface area contributed by atoms with Gasteiger partial charge in [0.25, 0.3) is 0 Å². The molecule has 1 aliphatic carbocycles. The average Bonchev–Trinajstić information content (AvgIpc) is 3.00. The van der Waals surface area contributed by atoms with E-state index in [9.17, 15) is 9.59 Å². The summed E-state index contributed by atoms with van der Waals surface area (Å²) in [5.74, 6) is 1.27. The predicted molar refractivity (Wildman–Crippen MR) is 91.6 cm³/mol. The van der Waals surface area contributed by atoms with Crippen molar-refractivity contribution < 1.29 is 14.1 Å². The van der Waals surface area contributed by atoms with Gasteiger partial charge in [0.1, 0.15) is 0 Å². The van der Waals surface area contributed by atoms with Gasteiger partial charge >= 0.3 is 0 Å². The third-order valence-corrected chi connectivity index (χ3v) is 4.82. The molecule has 25 heavy (non-hydrogen) atoms. The number of nitrogens with one attached hydrogen (secondary N) is 1. The van der Waals surface area contributed by atoms with Crippen LogP contribution in [0.1, 0.15) is 65.6 Å². The van der Waals surface area contributed by atoms with E-state index in [4.69, 9.17) is 4.52 Å². The van der Waals surface area contributed by atoms with Crippen LogP contribution in [0, 0.1) is 11.8 Å². The van der Waals surface area contributed by atoms with E-state index >= 15 is 0 Å². The lowest BCUT2D eigenvalue weighted by Crippen LogP contribution is -2.45. The molecule has 1 atom stereocenters. The number of hydrogen-bond donors (Lipinski definition) is 1. The van der Waals surface area contributed by atoms with Gasteiger partial charge in [0, 0.05) is 24.9 Å². The molecule has 0 aromatic carbocycles. The van der Waals surface area contributed by atoms with E-state index in [1.807, 2.05) is 39.5 Å². The van der Waals surface area contributed by atoms with Crippen LogP contribution in [-0.4, -0.2) is 39.9 Å². The monoisotopic (exact) mass is 348 g/mol. The molecule has 1 N–H and O–H groups in total. The average molecular weight is 348 g/mol. The largest absolute Gasteiger partial charge is 0.343 e. The molecule has 2 fully saturated rings. The Morgan fingerprint density at radius 3 is 2.52 bits per heavy atom. The molecule has 138 valence electrons. The Labute approximate surface area is 148 Å². The van der Waals surface area contributed by atoms with E-state index < -0.39 is 5.54 Å². The molecule has 0 unspecified atom stereocenters. The van der Waals surface area contributed by atoms with Crippen LogP contribution in [0.15, 0.2) is 4.52 Å². The summed E-state index contributed by atoms with van der Waals surface area (Å²) in [7, 11) is 0. The first kappa shape index (κ1) is 17.9. The second-order valence-corrected chi connectivity index (χ2v) is 8.93. The van der Waals surface area contributed by atoms with Gasteiger partial charge in [-0.25, -0.2) is 0 Å². The summed E-state index contributed by atoms with van der Waals surface area (Å²) < 4.78 is 5.33. The van der Waals surface area contributed by atoms with Crippen LogP contribution < -0.4 is 5.32 Å². The molecule has 2 heterocycles. The summed E-state index contributed by atoms with van der Waals surface area (Å²) in [6.45, 7) is 11.0. The highest BCUT2D eigenvalue weighted by Crippen LogP contribution is 2.32. The number of likely N-dealkylation sites (tertiary alicyclic amines) is 1. The van der Waals surface area contributed by atoms with Crippen LogP contribution in [0.4, 0.5) is 0 Å². The van der Waals surface area contributed by atoms with Crippen molar-refractivity contribution in [1.82, 2.24) is 20.4 Å². The SMILES string of the molecule is CC(C)(C)c1nc(C(C)(C)NC(=O)[C@H]2CC(=O)N(CC3CC3)C2)no1. The first-order valence-electron chi connectivity index (χ1n) is 9.01. The fourth-order valence-electron chi connectivity index (χ4n) is 2.98. The summed E-state index contributed by atoms with van der Waals surface area (Å²) >= 11 is 0. The third-order valence-electron chi connectivity index (χ3n) is 4.82. The van der Waals surface area contributed by atoms with Gasteiger partial charge in [-0.15, -0.1) is 0 Å². The molecule has 1 aliphatic heterocycles. The van der Waals surface area contributed by atoms with Crippen molar-refractivity contribution in [2.75, 3.05) is 13.1 Å². The van der Waals surface area contributed by atoms with E-state index in [-0.39, 0.29) is 29.6 Å².